The highest BCUT2D eigenvalue weighted by Gasteiger charge is 2.38. The average Bonchev–Trinajstić information content (AvgIpc) is 3.25. The van der Waals surface area contributed by atoms with Crippen molar-refractivity contribution in [3.63, 3.8) is 0 Å². The average molecular weight is 498 g/mol. The van der Waals surface area contributed by atoms with Gasteiger partial charge in [-0.3, -0.25) is 14.5 Å². The van der Waals surface area contributed by atoms with Gasteiger partial charge in [-0.1, -0.05) is 18.2 Å². The molecular formula is C22H16F6N4OS. The second-order valence-electron chi connectivity index (χ2n) is 7.48. The number of amidine groups is 1. The van der Waals surface area contributed by atoms with E-state index in [1.165, 1.54) is 4.68 Å². The minimum atomic E-state index is -4.96. The third-order valence-corrected chi connectivity index (χ3v) is 6.09. The maximum Gasteiger partial charge on any atom is 0.416 e. The first-order chi connectivity index (χ1) is 15.9. The number of nitrogens with zero attached hydrogens (tertiary/aromatic N) is 3. The Hall–Kier alpha value is -3.28. The highest BCUT2D eigenvalue weighted by Crippen LogP contribution is 2.38. The molecule has 1 aliphatic rings. The number of thioether (sulfide) groups is 1. The van der Waals surface area contributed by atoms with Crippen molar-refractivity contribution in [2.45, 2.75) is 25.8 Å². The highest BCUT2D eigenvalue weighted by atomic mass is 32.2. The fraction of sp³-hybridized carbons (Fsp3) is 0.227. The number of alkyl halides is 6. The SMILES string of the molecule is CN=C1NC(=O)S/C1=C\c1ccc2c(C)n(Cc3ccc(C(F)(F)F)cc3C(F)(F)F)nc2c1. The molecule has 1 aliphatic heterocycles. The van der Waals surface area contributed by atoms with Crippen molar-refractivity contribution < 1.29 is 31.1 Å². The van der Waals surface area contributed by atoms with E-state index in [1.54, 1.807) is 38.2 Å². The summed E-state index contributed by atoms with van der Waals surface area (Å²) in [5.41, 5.74) is -1.29. The molecule has 0 atom stereocenters. The zero-order chi connectivity index (χ0) is 24.8. The van der Waals surface area contributed by atoms with Crippen molar-refractivity contribution in [2.24, 2.45) is 4.99 Å². The summed E-state index contributed by atoms with van der Waals surface area (Å²) in [6, 6.07) is 6.81. The van der Waals surface area contributed by atoms with Gasteiger partial charge in [0.15, 0.2) is 0 Å². The van der Waals surface area contributed by atoms with Crippen molar-refractivity contribution >= 4 is 39.8 Å². The number of nitrogens with one attached hydrogen (secondary N) is 1. The van der Waals surface area contributed by atoms with E-state index < -0.39 is 23.5 Å². The Morgan fingerprint density at radius 1 is 1.09 bits per heavy atom. The van der Waals surface area contributed by atoms with Crippen molar-refractivity contribution in [2.75, 3.05) is 7.05 Å². The molecule has 5 nitrogen and oxygen atoms in total. The minimum Gasteiger partial charge on any atom is -0.300 e. The van der Waals surface area contributed by atoms with Crippen molar-refractivity contribution in [3.8, 4) is 0 Å². The van der Waals surface area contributed by atoms with Crippen molar-refractivity contribution in [1.82, 2.24) is 15.1 Å². The van der Waals surface area contributed by atoms with E-state index >= 15 is 0 Å². The number of carbonyl (C=O) groups is 1. The van der Waals surface area contributed by atoms with E-state index in [1.807, 2.05) is 0 Å². The number of benzene rings is 2. The summed E-state index contributed by atoms with van der Waals surface area (Å²) in [5.74, 6) is 0.429. The van der Waals surface area contributed by atoms with E-state index in [4.69, 9.17) is 0 Å². The number of aryl methyl sites for hydroxylation is 1. The predicted molar refractivity (Wildman–Crippen MR) is 117 cm³/mol. The van der Waals surface area contributed by atoms with E-state index in [9.17, 15) is 31.1 Å². The lowest BCUT2D eigenvalue weighted by Crippen LogP contribution is -2.18. The smallest absolute Gasteiger partial charge is 0.300 e. The Morgan fingerprint density at radius 3 is 2.47 bits per heavy atom. The summed E-state index contributed by atoms with van der Waals surface area (Å²) in [5, 5.41) is 7.40. The first-order valence-corrected chi connectivity index (χ1v) is 10.6. The van der Waals surface area contributed by atoms with Crippen LogP contribution in [0.5, 0.6) is 0 Å². The molecule has 2 heterocycles. The molecule has 0 bridgehead atoms. The number of rotatable bonds is 3. The molecule has 1 fully saturated rings. The van der Waals surface area contributed by atoms with Gasteiger partial charge in [0.25, 0.3) is 5.24 Å². The monoisotopic (exact) mass is 498 g/mol. The lowest BCUT2D eigenvalue weighted by Gasteiger charge is -2.16. The Balaban J connectivity index is 1.71. The van der Waals surface area contributed by atoms with Crippen LogP contribution in [-0.2, 0) is 18.9 Å². The van der Waals surface area contributed by atoms with Crippen LogP contribution in [0.1, 0.15) is 27.9 Å². The van der Waals surface area contributed by atoms with Gasteiger partial charge in [0.1, 0.15) is 5.84 Å². The van der Waals surface area contributed by atoms with Crippen LogP contribution in [0.25, 0.3) is 17.0 Å². The maximum absolute atomic E-state index is 13.5. The molecular weight excluding hydrogens is 482 g/mol. The number of halogens is 6. The van der Waals surface area contributed by atoms with Crippen LogP contribution in [0.15, 0.2) is 46.3 Å². The molecule has 3 aromatic rings. The predicted octanol–water partition coefficient (Wildman–Crippen LogP) is 6.26. The largest absolute Gasteiger partial charge is 0.416 e. The van der Waals surface area contributed by atoms with Crippen molar-refractivity contribution in [1.29, 1.82) is 0 Å². The van der Waals surface area contributed by atoms with Gasteiger partial charge in [-0.05, 0) is 54.1 Å². The van der Waals surface area contributed by atoms with Gasteiger partial charge in [0, 0.05) is 18.1 Å². The third kappa shape index (κ3) is 4.67. The van der Waals surface area contributed by atoms with Gasteiger partial charge in [-0.2, -0.15) is 31.4 Å². The molecule has 12 heteroatoms. The molecule has 2 aromatic carbocycles. The number of aromatic nitrogens is 2. The highest BCUT2D eigenvalue weighted by molar-refractivity contribution is 8.18. The van der Waals surface area contributed by atoms with Gasteiger partial charge in [0.05, 0.1) is 28.1 Å². The van der Waals surface area contributed by atoms with Gasteiger partial charge >= 0.3 is 12.4 Å². The quantitative estimate of drug-likeness (QED) is 0.434. The summed E-state index contributed by atoms with van der Waals surface area (Å²) >= 11 is 0.983. The number of hydrogen-bond acceptors (Lipinski definition) is 4. The molecule has 0 aliphatic carbocycles. The number of carbonyl (C=O) groups excluding carboxylic acids is 1. The molecule has 34 heavy (non-hydrogen) atoms. The summed E-state index contributed by atoms with van der Waals surface area (Å²) in [4.78, 5) is 16.2. The fourth-order valence-electron chi connectivity index (χ4n) is 3.59. The second kappa shape index (κ2) is 8.49. The van der Waals surface area contributed by atoms with E-state index in [2.05, 4.69) is 15.4 Å². The third-order valence-electron chi connectivity index (χ3n) is 5.27. The molecule has 4 rings (SSSR count). The molecule has 0 saturated carbocycles. The standard InChI is InChI=1S/C22H16F6N4OS/c1-11-15-6-3-12(8-18-19(29-2)30-20(33)34-18)7-17(15)31-32(11)10-13-4-5-14(21(23,24)25)9-16(13)22(26,27)28/h3-9H,10H2,1-2H3,(H,29,30,33)/b18-8-. The molecule has 0 radical (unpaired) electrons. The molecule has 0 unspecified atom stereocenters. The van der Waals surface area contributed by atoms with Crippen LogP contribution in [0, 0.1) is 6.92 Å². The lowest BCUT2D eigenvalue weighted by molar-refractivity contribution is -0.143. The van der Waals surface area contributed by atoms with Crippen molar-refractivity contribution in [3.05, 3.63) is 69.3 Å². The Morgan fingerprint density at radius 2 is 1.82 bits per heavy atom. The van der Waals surface area contributed by atoms with Crippen LogP contribution >= 0.6 is 11.8 Å². The second-order valence-corrected chi connectivity index (χ2v) is 8.50. The summed E-state index contributed by atoms with van der Waals surface area (Å²) < 4.78 is 80.7. The summed E-state index contributed by atoms with van der Waals surface area (Å²) in [6.07, 6.45) is -8.12. The normalized spacial score (nSPS) is 17.2. The van der Waals surface area contributed by atoms with Crippen LogP contribution in [0.4, 0.5) is 31.1 Å². The van der Waals surface area contributed by atoms with Crippen LogP contribution in [0.2, 0.25) is 0 Å². The number of aliphatic imine (C=N–C) groups is 1. The number of hydrogen-bond donors (Lipinski definition) is 1. The van der Waals surface area contributed by atoms with Crippen LogP contribution in [0.3, 0.4) is 0 Å². The first kappa shape index (κ1) is 23.9. The van der Waals surface area contributed by atoms with Gasteiger partial charge in [-0.25, -0.2) is 0 Å². The summed E-state index contributed by atoms with van der Waals surface area (Å²) in [6.45, 7) is 1.31. The Labute approximate surface area is 193 Å². The minimum absolute atomic E-state index is 0.125. The number of amides is 1. The van der Waals surface area contributed by atoms with Crippen LogP contribution < -0.4 is 5.32 Å². The van der Waals surface area contributed by atoms with E-state index in [0.29, 0.717) is 39.0 Å². The maximum atomic E-state index is 13.5. The molecule has 1 amide bonds. The van der Waals surface area contributed by atoms with Crippen LogP contribution in [-0.4, -0.2) is 27.9 Å². The Bertz CT molecular complexity index is 1350. The van der Waals surface area contributed by atoms with Gasteiger partial charge < -0.3 is 5.32 Å². The first-order valence-electron chi connectivity index (χ1n) is 9.79. The molecule has 178 valence electrons. The fourth-order valence-corrected chi connectivity index (χ4v) is 4.37. The lowest BCUT2D eigenvalue weighted by atomic mass is 10.0. The van der Waals surface area contributed by atoms with Gasteiger partial charge in [0.2, 0.25) is 0 Å². The summed E-state index contributed by atoms with van der Waals surface area (Å²) in [7, 11) is 1.54. The topological polar surface area (TPSA) is 59.3 Å². The van der Waals surface area contributed by atoms with Gasteiger partial charge in [-0.15, -0.1) is 0 Å². The molecule has 1 N–H and O–H groups in total. The molecule has 1 aromatic heterocycles. The van der Waals surface area contributed by atoms with E-state index in [0.717, 1.165) is 17.8 Å². The Kier molecular flexibility index (Phi) is 5.96. The number of fused-ring (bicyclic) bond motifs is 1. The van der Waals surface area contributed by atoms with E-state index in [-0.39, 0.29) is 23.4 Å². The molecule has 1 saturated heterocycles. The molecule has 0 spiro atoms. The zero-order valence-electron chi connectivity index (χ0n) is 17.7. The zero-order valence-corrected chi connectivity index (χ0v) is 18.5.